The zero-order valence-electron chi connectivity index (χ0n) is 7.26. The molecule has 6 heteroatoms. The Bertz CT molecular complexity index is 303. The molecule has 0 spiro atoms. The van der Waals surface area contributed by atoms with E-state index in [9.17, 15) is 8.42 Å². The Morgan fingerprint density at radius 3 is 2.54 bits per heavy atom. The lowest BCUT2D eigenvalue weighted by Gasteiger charge is -2.20. The number of hydrogen-bond acceptors (Lipinski definition) is 3. The van der Waals surface area contributed by atoms with Crippen molar-refractivity contribution in [2.45, 2.75) is 31.3 Å². The highest BCUT2D eigenvalue weighted by Crippen LogP contribution is 2.42. The summed E-state index contributed by atoms with van der Waals surface area (Å²) >= 11 is 0. The minimum Gasteiger partial charge on any atom is -0.396 e. The standard InChI is InChI=1S/C7H14N2O3S/c8-13(11,12)9-6-1-2-7(9)5(3-6)4-10/h5-7,10H,1-4H2,(H2,8,11,12)/t5-,6+,7-/m0/s1. The topological polar surface area (TPSA) is 83.6 Å². The number of hydrogen-bond donors (Lipinski definition) is 2. The molecule has 2 bridgehead atoms. The zero-order chi connectivity index (χ0) is 9.64. The summed E-state index contributed by atoms with van der Waals surface area (Å²) in [6.07, 6.45) is 2.49. The Kier molecular flexibility index (Phi) is 2.10. The average Bonchev–Trinajstić information content (AvgIpc) is 2.57. The lowest BCUT2D eigenvalue weighted by Crippen LogP contribution is -2.41. The summed E-state index contributed by atoms with van der Waals surface area (Å²) in [7, 11) is -3.56. The van der Waals surface area contributed by atoms with Gasteiger partial charge in [0.15, 0.2) is 0 Å². The van der Waals surface area contributed by atoms with Gasteiger partial charge in [-0.2, -0.15) is 12.7 Å². The fraction of sp³-hybridized carbons (Fsp3) is 1.00. The molecule has 0 saturated carbocycles. The zero-order valence-corrected chi connectivity index (χ0v) is 8.07. The van der Waals surface area contributed by atoms with Gasteiger partial charge in [-0.25, -0.2) is 5.14 Å². The average molecular weight is 206 g/mol. The van der Waals surface area contributed by atoms with Crippen molar-refractivity contribution in [2.75, 3.05) is 6.61 Å². The van der Waals surface area contributed by atoms with Crippen LogP contribution in [0.4, 0.5) is 0 Å². The minimum atomic E-state index is -3.56. The first-order chi connectivity index (χ1) is 6.04. The second-order valence-corrected chi connectivity index (χ2v) is 5.30. The van der Waals surface area contributed by atoms with Gasteiger partial charge in [-0.1, -0.05) is 0 Å². The summed E-state index contributed by atoms with van der Waals surface area (Å²) in [6, 6.07) is -0.0119. The van der Waals surface area contributed by atoms with Gasteiger partial charge in [-0.05, 0) is 19.3 Å². The molecule has 3 N–H and O–H groups in total. The Labute approximate surface area is 77.7 Å². The fourth-order valence-corrected chi connectivity index (χ4v) is 3.91. The van der Waals surface area contributed by atoms with Gasteiger partial charge in [0.25, 0.3) is 10.2 Å². The van der Waals surface area contributed by atoms with E-state index >= 15 is 0 Å². The number of aliphatic hydroxyl groups excluding tert-OH is 1. The molecule has 0 radical (unpaired) electrons. The lowest BCUT2D eigenvalue weighted by molar-refractivity contribution is 0.196. The molecule has 0 unspecified atom stereocenters. The molecule has 0 aromatic heterocycles. The van der Waals surface area contributed by atoms with Crippen molar-refractivity contribution >= 4 is 10.2 Å². The van der Waals surface area contributed by atoms with Crippen LogP contribution in [-0.2, 0) is 10.2 Å². The molecule has 0 aliphatic carbocycles. The van der Waals surface area contributed by atoms with Gasteiger partial charge in [-0.15, -0.1) is 0 Å². The summed E-state index contributed by atoms with van der Waals surface area (Å²) in [5.41, 5.74) is 0. The first kappa shape index (κ1) is 9.39. The van der Waals surface area contributed by atoms with Gasteiger partial charge < -0.3 is 5.11 Å². The first-order valence-electron chi connectivity index (χ1n) is 4.46. The van der Waals surface area contributed by atoms with Crippen molar-refractivity contribution in [2.24, 2.45) is 11.1 Å². The van der Waals surface area contributed by atoms with Crippen LogP contribution in [0, 0.1) is 5.92 Å². The normalized spacial score (nSPS) is 40.0. The van der Waals surface area contributed by atoms with E-state index < -0.39 is 10.2 Å². The van der Waals surface area contributed by atoms with Gasteiger partial charge in [0.1, 0.15) is 0 Å². The second kappa shape index (κ2) is 2.91. The Morgan fingerprint density at radius 1 is 1.46 bits per heavy atom. The molecule has 2 saturated heterocycles. The highest BCUT2D eigenvalue weighted by Gasteiger charge is 2.50. The van der Waals surface area contributed by atoms with E-state index in [1.807, 2.05) is 0 Å². The van der Waals surface area contributed by atoms with E-state index in [4.69, 9.17) is 10.2 Å². The summed E-state index contributed by atoms with van der Waals surface area (Å²) in [4.78, 5) is 0. The van der Waals surface area contributed by atoms with Gasteiger partial charge >= 0.3 is 0 Å². The molecule has 13 heavy (non-hydrogen) atoms. The maximum Gasteiger partial charge on any atom is 0.277 e. The molecule has 76 valence electrons. The molecular formula is C7H14N2O3S. The number of rotatable bonds is 2. The van der Waals surface area contributed by atoms with Crippen molar-refractivity contribution < 1.29 is 13.5 Å². The maximum atomic E-state index is 11.2. The molecule has 0 aromatic carbocycles. The molecule has 5 nitrogen and oxygen atoms in total. The van der Waals surface area contributed by atoms with Crippen molar-refractivity contribution in [3.63, 3.8) is 0 Å². The third-order valence-corrected chi connectivity index (χ3v) is 4.29. The minimum absolute atomic E-state index is 0.0390. The van der Waals surface area contributed by atoms with E-state index in [0.29, 0.717) is 0 Å². The molecule has 3 atom stereocenters. The van der Waals surface area contributed by atoms with Crippen molar-refractivity contribution in [1.29, 1.82) is 0 Å². The SMILES string of the molecule is NS(=O)(=O)N1[C@@H]2CC[C@H]1[C@H](CO)C2. The maximum absolute atomic E-state index is 11.2. The first-order valence-corrected chi connectivity index (χ1v) is 5.96. The van der Waals surface area contributed by atoms with Crippen molar-refractivity contribution in [1.82, 2.24) is 4.31 Å². The molecule has 0 amide bonds. The molecule has 2 aliphatic heterocycles. The number of aliphatic hydroxyl groups is 1. The number of nitrogens with two attached hydrogens (primary N) is 1. The predicted octanol–water partition coefficient (Wildman–Crippen LogP) is -0.965. The van der Waals surface area contributed by atoms with Crippen LogP contribution in [-0.4, -0.2) is 36.5 Å². The smallest absolute Gasteiger partial charge is 0.277 e. The Hall–Kier alpha value is -0.170. The van der Waals surface area contributed by atoms with Crippen LogP contribution in [0.1, 0.15) is 19.3 Å². The molecule has 0 aromatic rings. The highest BCUT2D eigenvalue weighted by atomic mass is 32.2. The van der Waals surface area contributed by atoms with E-state index in [1.165, 1.54) is 4.31 Å². The largest absolute Gasteiger partial charge is 0.396 e. The number of nitrogens with zero attached hydrogens (tertiary/aromatic N) is 1. The van der Waals surface area contributed by atoms with Crippen LogP contribution in [0.15, 0.2) is 0 Å². The van der Waals surface area contributed by atoms with E-state index in [2.05, 4.69) is 0 Å². The van der Waals surface area contributed by atoms with Crippen LogP contribution in [0.25, 0.3) is 0 Å². The van der Waals surface area contributed by atoms with Crippen LogP contribution >= 0.6 is 0 Å². The second-order valence-electron chi connectivity index (χ2n) is 3.85. The van der Waals surface area contributed by atoms with Gasteiger partial charge in [0, 0.05) is 24.6 Å². The van der Waals surface area contributed by atoms with E-state index in [0.717, 1.165) is 19.3 Å². The quantitative estimate of drug-likeness (QED) is 0.610. The highest BCUT2D eigenvalue weighted by molar-refractivity contribution is 7.86. The molecule has 2 fully saturated rings. The van der Waals surface area contributed by atoms with Crippen molar-refractivity contribution in [3.8, 4) is 0 Å². The van der Waals surface area contributed by atoms with Crippen LogP contribution in [0.3, 0.4) is 0 Å². The van der Waals surface area contributed by atoms with Crippen LogP contribution in [0.2, 0.25) is 0 Å². The molecule has 2 aliphatic rings. The van der Waals surface area contributed by atoms with Crippen LogP contribution in [0.5, 0.6) is 0 Å². The summed E-state index contributed by atoms with van der Waals surface area (Å²) < 4.78 is 23.7. The Balaban J connectivity index is 2.25. The lowest BCUT2D eigenvalue weighted by atomic mass is 9.90. The molecule has 2 heterocycles. The van der Waals surface area contributed by atoms with Gasteiger partial charge in [-0.3, -0.25) is 0 Å². The Morgan fingerprint density at radius 2 is 2.15 bits per heavy atom. The van der Waals surface area contributed by atoms with E-state index in [1.54, 1.807) is 0 Å². The number of fused-ring (bicyclic) bond motifs is 2. The predicted molar refractivity (Wildman–Crippen MR) is 46.9 cm³/mol. The van der Waals surface area contributed by atoms with Gasteiger partial charge in [0.05, 0.1) is 0 Å². The van der Waals surface area contributed by atoms with Crippen molar-refractivity contribution in [3.05, 3.63) is 0 Å². The summed E-state index contributed by atoms with van der Waals surface area (Å²) in [6.45, 7) is 0.0627. The summed E-state index contributed by atoms with van der Waals surface area (Å²) in [5.74, 6) is 0.0945. The third-order valence-electron chi connectivity index (χ3n) is 3.13. The molecule has 2 rings (SSSR count). The van der Waals surface area contributed by atoms with E-state index in [-0.39, 0.29) is 24.6 Å². The monoisotopic (exact) mass is 206 g/mol. The van der Waals surface area contributed by atoms with Crippen LogP contribution < -0.4 is 5.14 Å². The summed E-state index contributed by atoms with van der Waals surface area (Å²) in [5, 5.41) is 14.1. The third kappa shape index (κ3) is 1.38. The fourth-order valence-electron chi connectivity index (χ4n) is 2.65. The van der Waals surface area contributed by atoms with Gasteiger partial charge in [0.2, 0.25) is 0 Å². The molecular weight excluding hydrogens is 192 g/mol.